The molecule has 6 heteroatoms. The van der Waals surface area contributed by atoms with E-state index in [1.165, 1.54) is 12.3 Å². The van der Waals surface area contributed by atoms with Gasteiger partial charge < -0.3 is 19.8 Å². The average Bonchev–Trinajstić information content (AvgIpc) is 3.30. The van der Waals surface area contributed by atoms with E-state index in [0.717, 1.165) is 16.9 Å². The van der Waals surface area contributed by atoms with Crippen molar-refractivity contribution in [1.82, 2.24) is 10.6 Å². The zero-order chi connectivity index (χ0) is 22.2. The second-order valence-electron chi connectivity index (χ2n) is 7.10. The van der Waals surface area contributed by atoms with Crippen molar-refractivity contribution in [2.75, 3.05) is 7.11 Å². The van der Waals surface area contributed by atoms with Gasteiger partial charge in [-0.3, -0.25) is 9.59 Å². The molecule has 31 heavy (non-hydrogen) atoms. The molecule has 2 amide bonds. The average molecular weight is 418 g/mol. The number of methoxy groups -OCH3 is 1. The smallest absolute Gasteiger partial charge is 0.268 e. The van der Waals surface area contributed by atoms with Crippen LogP contribution in [-0.2, 0) is 4.79 Å². The summed E-state index contributed by atoms with van der Waals surface area (Å²) >= 11 is 0. The number of carbonyl (C=O) groups excluding carboxylic acids is 2. The van der Waals surface area contributed by atoms with E-state index in [1.807, 2.05) is 44.2 Å². The van der Waals surface area contributed by atoms with E-state index < -0.39 is 5.91 Å². The first-order chi connectivity index (χ1) is 15.0. The van der Waals surface area contributed by atoms with Crippen LogP contribution in [0.15, 0.2) is 77.0 Å². The van der Waals surface area contributed by atoms with Crippen LogP contribution in [0, 0.1) is 6.92 Å². The van der Waals surface area contributed by atoms with E-state index in [1.54, 1.807) is 37.4 Å². The van der Waals surface area contributed by atoms with Gasteiger partial charge in [-0.1, -0.05) is 36.8 Å². The second-order valence-corrected chi connectivity index (χ2v) is 7.10. The van der Waals surface area contributed by atoms with Gasteiger partial charge in [0, 0.05) is 11.6 Å². The number of amides is 2. The molecule has 0 aliphatic rings. The van der Waals surface area contributed by atoms with Crippen molar-refractivity contribution < 1.29 is 18.7 Å². The third-order valence-corrected chi connectivity index (χ3v) is 4.83. The van der Waals surface area contributed by atoms with Crippen LogP contribution < -0.4 is 15.4 Å². The van der Waals surface area contributed by atoms with Crippen LogP contribution in [0.2, 0.25) is 0 Å². The Kier molecular flexibility index (Phi) is 7.27. The monoisotopic (exact) mass is 418 g/mol. The molecule has 1 aromatic heterocycles. The number of ether oxygens (including phenoxy) is 1. The fraction of sp³-hybridized carbons (Fsp3) is 0.200. The first-order valence-corrected chi connectivity index (χ1v) is 10.1. The Balaban J connectivity index is 1.82. The van der Waals surface area contributed by atoms with Crippen molar-refractivity contribution in [2.24, 2.45) is 0 Å². The maximum atomic E-state index is 13.1. The number of rotatable bonds is 8. The van der Waals surface area contributed by atoms with Gasteiger partial charge in [0.1, 0.15) is 17.2 Å². The molecule has 0 saturated carbocycles. The Morgan fingerprint density at radius 2 is 1.87 bits per heavy atom. The number of benzene rings is 2. The summed E-state index contributed by atoms with van der Waals surface area (Å²) in [7, 11) is 1.61. The SMILES string of the molecule is CCC(NC(=O)/C(=C/c1ccco1)NC(=O)c1cccc(C)c1)c1ccc(OC)cc1. The first-order valence-electron chi connectivity index (χ1n) is 10.1. The number of furan rings is 1. The van der Waals surface area contributed by atoms with Crippen LogP contribution in [0.5, 0.6) is 5.75 Å². The molecule has 0 spiro atoms. The molecule has 3 rings (SSSR count). The number of aryl methyl sites for hydroxylation is 1. The van der Waals surface area contributed by atoms with Gasteiger partial charge in [0.25, 0.3) is 11.8 Å². The molecule has 0 bridgehead atoms. The zero-order valence-electron chi connectivity index (χ0n) is 17.8. The molecule has 0 radical (unpaired) electrons. The maximum Gasteiger partial charge on any atom is 0.268 e. The molecule has 6 nitrogen and oxygen atoms in total. The van der Waals surface area contributed by atoms with Crippen molar-refractivity contribution >= 4 is 17.9 Å². The molecular weight excluding hydrogens is 392 g/mol. The highest BCUT2D eigenvalue weighted by molar-refractivity contribution is 6.05. The van der Waals surface area contributed by atoms with Crippen molar-refractivity contribution in [3.8, 4) is 5.75 Å². The molecule has 1 atom stereocenters. The van der Waals surface area contributed by atoms with Crippen molar-refractivity contribution in [1.29, 1.82) is 0 Å². The minimum Gasteiger partial charge on any atom is -0.497 e. The largest absolute Gasteiger partial charge is 0.497 e. The van der Waals surface area contributed by atoms with Gasteiger partial charge in [-0.05, 0) is 55.3 Å². The number of hydrogen-bond acceptors (Lipinski definition) is 4. The molecule has 0 fully saturated rings. The second kappa shape index (κ2) is 10.3. The molecule has 0 aliphatic heterocycles. The van der Waals surface area contributed by atoms with Crippen molar-refractivity contribution in [3.63, 3.8) is 0 Å². The van der Waals surface area contributed by atoms with Crippen LogP contribution in [0.4, 0.5) is 0 Å². The number of nitrogens with one attached hydrogen (secondary N) is 2. The van der Waals surface area contributed by atoms with Gasteiger partial charge in [-0.25, -0.2) is 0 Å². The van der Waals surface area contributed by atoms with E-state index in [9.17, 15) is 9.59 Å². The number of carbonyl (C=O) groups is 2. The Bertz CT molecular complexity index is 1050. The number of hydrogen-bond donors (Lipinski definition) is 2. The molecule has 3 aromatic rings. The van der Waals surface area contributed by atoms with Gasteiger partial charge >= 0.3 is 0 Å². The molecule has 2 aromatic carbocycles. The molecule has 0 saturated heterocycles. The lowest BCUT2D eigenvalue weighted by molar-refractivity contribution is -0.118. The predicted octanol–water partition coefficient (Wildman–Crippen LogP) is 4.64. The van der Waals surface area contributed by atoms with Crippen LogP contribution >= 0.6 is 0 Å². The van der Waals surface area contributed by atoms with Crippen LogP contribution in [0.1, 0.15) is 46.6 Å². The maximum absolute atomic E-state index is 13.1. The lowest BCUT2D eigenvalue weighted by Crippen LogP contribution is -2.36. The Morgan fingerprint density at radius 1 is 1.10 bits per heavy atom. The minimum absolute atomic E-state index is 0.105. The molecule has 2 N–H and O–H groups in total. The highest BCUT2D eigenvalue weighted by atomic mass is 16.5. The predicted molar refractivity (Wildman–Crippen MR) is 119 cm³/mol. The van der Waals surface area contributed by atoms with E-state index in [2.05, 4.69) is 10.6 Å². The fourth-order valence-electron chi connectivity index (χ4n) is 3.15. The fourth-order valence-corrected chi connectivity index (χ4v) is 3.15. The minimum atomic E-state index is -0.403. The summed E-state index contributed by atoms with van der Waals surface area (Å²) in [6.07, 6.45) is 3.71. The summed E-state index contributed by atoms with van der Waals surface area (Å²) in [5.74, 6) is 0.440. The van der Waals surface area contributed by atoms with E-state index >= 15 is 0 Å². The van der Waals surface area contributed by atoms with Crippen molar-refractivity contribution in [2.45, 2.75) is 26.3 Å². The molecule has 1 unspecified atom stereocenters. The molecule has 0 aliphatic carbocycles. The van der Waals surface area contributed by atoms with Crippen LogP contribution in [0.25, 0.3) is 6.08 Å². The van der Waals surface area contributed by atoms with Gasteiger partial charge in [-0.15, -0.1) is 0 Å². The summed E-state index contributed by atoms with van der Waals surface area (Å²) in [6, 6.07) is 17.9. The Labute approximate surface area is 181 Å². The van der Waals surface area contributed by atoms with Gasteiger partial charge in [0.2, 0.25) is 0 Å². The van der Waals surface area contributed by atoms with Crippen LogP contribution in [-0.4, -0.2) is 18.9 Å². The Morgan fingerprint density at radius 3 is 2.48 bits per heavy atom. The van der Waals surface area contributed by atoms with E-state index in [-0.39, 0.29) is 17.6 Å². The van der Waals surface area contributed by atoms with Crippen LogP contribution in [0.3, 0.4) is 0 Å². The third kappa shape index (κ3) is 5.85. The van der Waals surface area contributed by atoms with Crippen molar-refractivity contribution in [3.05, 3.63) is 95.1 Å². The Hall–Kier alpha value is -3.80. The summed E-state index contributed by atoms with van der Waals surface area (Å²) in [4.78, 5) is 25.9. The molecule has 160 valence electrons. The standard InChI is InChI=1S/C25H26N2O4/c1-4-22(18-10-12-20(30-3)13-11-18)26-25(29)23(16-21-9-6-14-31-21)27-24(28)19-8-5-7-17(2)15-19/h5-16,22H,4H2,1-3H3,(H,26,29)(H,27,28)/b23-16-. The molecular formula is C25H26N2O4. The first kappa shape index (κ1) is 21.9. The van der Waals surface area contributed by atoms with E-state index in [4.69, 9.17) is 9.15 Å². The third-order valence-electron chi connectivity index (χ3n) is 4.83. The molecule has 1 heterocycles. The summed E-state index contributed by atoms with van der Waals surface area (Å²) in [6.45, 7) is 3.89. The zero-order valence-corrected chi connectivity index (χ0v) is 17.8. The summed E-state index contributed by atoms with van der Waals surface area (Å²) in [5.41, 5.74) is 2.48. The quantitative estimate of drug-likeness (QED) is 0.523. The topological polar surface area (TPSA) is 80.6 Å². The normalized spacial score (nSPS) is 12.2. The summed E-state index contributed by atoms with van der Waals surface area (Å²) < 4.78 is 10.5. The lowest BCUT2D eigenvalue weighted by Gasteiger charge is -2.19. The summed E-state index contributed by atoms with van der Waals surface area (Å²) in [5, 5.41) is 5.72. The van der Waals surface area contributed by atoms with Gasteiger partial charge in [-0.2, -0.15) is 0 Å². The highest BCUT2D eigenvalue weighted by Crippen LogP contribution is 2.21. The van der Waals surface area contributed by atoms with Gasteiger partial charge in [0.05, 0.1) is 19.4 Å². The van der Waals surface area contributed by atoms with Gasteiger partial charge in [0.15, 0.2) is 0 Å². The lowest BCUT2D eigenvalue weighted by atomic mass is 10.0. The highest BCUT2D eigenvalue weighted by Gasteiger charge is 2.19. The van der Waals surface area contributed by atoms with E-state index in [0.29, 0.717) is 17.7 Å².